The van der Waals surface area contributed by atoms with E-state index in [-0.39, 0.29) is 6.61 Å². The van der Waals surface area contributed by atoms with Gasteiger partial charge in [0.05, 0.1) is 22.8 Å². The Morgan fingerprint density at radius 3 is 2.78 bits per heavy atom. The Kier molecular flexibility index (Phi) is 3.84. The third-order valence-electron chi connectivity index (χ3n) is 2.67. The van der Waals surface area contributed by atoms with E-state index >= 15 is 0 Å². The molecule has 2 unspecified atom stereocenters. The summed E-state index contributed by atoms with van der Waals surface area (Å²) in [4.78, 5) is 24.2. The van der Waals surface area contributed by atoms with Crippen LogP contribution in [0, 0.1) is 5.82 Å². The lowest BCUT2D eigenvalue weighted by molar-refractivity contribution is -0.0534. The summed E-state index contributed by atoms with van der Waals surface area (Å²) >= 11 is 1.87. The molecule has 4 atom stereocenters. The molecule has 0 amide bonds. The maximum absolute atomic E-state index is 13.1. The van der Waals surface area contributed by atoms with Crippen molar-refractivity contribution in [3.8, 4) is 0 Å². The number of rotatable bonds is 2. The fourth-order valence-electron chi connectivity index (χ4n) is 1.74. The number of ether oxygens (including phenoxy) is 1. The molecule has 1 aliphatic rings. The molecule has 1 saturated heterocycles. The molecule has 1 aromatic heterocycles. The highest BCUT2D eigenvalue weighted by Gasteiger charge is 2.43. The molecule has 0 radical (unpaired) electrons. The molecular weight excluding hydrogens is 362 g/mol. The number of alkyl halides is 1. The summed E-state index contributed by atoms with van der Waals surface area (Å²) in [6.45, 7) is -0.332. The lowest BCUT2D eigenvalue weighted by atomic mass is 10.2. The van der Waals surface area contributed by atoms with Crippen LogP contribution >= 0.6 is 22.6 Å². The van der Waals surface area contributed by atoms with Gasteiger partial charge in [0.1, 0.15) is 6.10 Å². The molecule has 1 fully saturated rings. The van der Waals surface area contributed by atoms with Gasteiger partial charge in [0.2, 0.25) is 5.82 Å². The molecule has 0 spiro atoms. The number of aromatic nitrogens is 2. The first-order valence-electron chi connectivity index (χ1n) is 5.05. The number of H-pyrrole nitrogens is 1. The fourth-order valence-corrected chi connectivity index (χ4v) is 2.49. The average Bonchev–Trinajstić information content (AvgIpc) is 2.61. The van der Waals surface area contributed by atoms with Crippen LogP contribution in [-0.4, -0.2) is 42.5 Å². The van der Waals surface area contributed by atoms with Crippen LogP contribution in [-0.2, 0) is 4.74 Å². The molecule has 0 aliphatic carbocycles. The minimum Gasteiger partial charge on any atom is -0.394 e. The Hall–Kier alpha value is -0.780. The Bertz CT molecular complexity index is 559. The van der Waals surface area contributed by atoms with Crippen molar-refractivity contribution in [2.45, 2.75) is 22.4 Å². The second kappa shape index (κ2) is 5.07. The molecule has 0 saturated carbocycles. The number of hydrogen-bond donors (Lipinski definition) is 3. The van der Waals surface area contributed by atoms with Crippen LogP contribution in [0.3, 0.4) is 0 Å². The van der Waals surface area contributed by atoms with Crippen LogP contribution in [0.25, 0.3) is 0 Å². The van der Waals surface area contributed by atoms with Crippen molar-refractivity contribution in [2.75, 3.05) is 6.61 Å². The SMILES string of the molecule is O=c1[nH]c(=O)n([C@H]2O[C@@H](CO)C(I)C2O)cc1F. The quantitative estimate of drug-likeness (QED) is 0.444. The lowest BCUT2D eigenvalue weighted by Crippen LogP contribution is -2.37. The van der Waals surface area contributed by atoms with Crippen molar-refractivity contribution in [1.29, 1.82) is 0 Å². The van der Waals surface area contributed by atoms with Crippen LogP contribution in [0.1, 0.15) is 6.23 Å². The molecule has 18 heavy (non-hydrogen) atoms. The molecular formula is C9H10FIN2O5. The Balaban J connectivity index is 2.42. The zero-order valence-corrected chi connectivity index (χ0v) is 11.1. The predicted octanol–water partition coefficient (Wildman–Crippen LogP) is -1.27. The number of aliphatic hydroxyl groups excluding tert-OH is 2. The summed E-state index contributed by atoms with van der Waals surface area (Å²) in [6, 6.07) is 0. The Morgan fingerprint density at radius 2 is 2.22 bits per heavy atom. The highest BCUT2D eigenvalue weighted by molar-refractivity contribution is 14.1. The van der Waals surface area contributed by atoms with Gasteiger partial charge in [-0.2, -0.15) is 4.39 Å². The van der Waals surface area contributed by atoms with E-state index in [0.29, 0.717) is 6.20 Å². The third kappa shape index (κ3) is 2.22. The molecule has 3 N–H and O–H groups in total. The molecule has 1 aliphatic heterocycles. The minimum absolute atomic E-state index is 0.332. The first-order valence-corrected chi connectivity index (χ1v) is 6.29. The second-order valence-corrected chi connectivity index (χ2v) is 5.26. The van der Waals surface area contributed by atoms with E-state index in [0.717, 1.165) is 4.57 Å². The normalized spacial score (nSPS) is 31.8. The van der Waals surface area contributed by atoms with Gasteiger partial charge in [-0.15, -0.1) is 0 Å². The van der Waals surface area contributed by atoms with Gasteiger partial charge < -0.3 is 14.9 Å². The molecule has 2 heterocycles. The number of hydrogen-bond acceptors (Lipinski definition) is 5. The van der Waals surface area contributed by atoms with Gasteiger partial charge in [-0.1, -0.05) is 22.6 Å². The standard InChI is InChI=1S/C9H10FIN2O5/c10-3-1-13(9(17)12-7(3)16)8-6(15)5(11)4(2-14)18-8/h1,4-6,8,14-15H,2H2,(H,12,16,17)/t4-,5?,6?,8-/m0/s1. The van der Waals surface area contributed by atoms with Crippen molar-refractivity contribution >= 4 is 22.6 Å². The summed E-state index contributed by atoms with van der Waals surface area (Å²) in [5.41, 5.74) is -2.01. The zero-order chi connectivity index (χ0) is 13.4. The molecule has 7 nitrogen and oxygen atoms in total. The first kappa shape index (κ1) is 13.6. The van der Waals surface area contributed by atoms with Crippen LogP contribution in [0.2, 0.25) is 0 Å². The van der Waals surface area contributed by atoms with E-state index in [1.54, 1.807) is 4.98 Å². The summed E-state index contributed by atoms with van der Waals surface area (Å²) in [6.07, 6.45) is -2.21. The highest BCUT2D eigenvalue weighted by Crippen LogP contribution is 2.32. The highest BCUT2D eigenvalue weighted by atomic mass is 127. The first-order chi connectivity index (χ1) is 8.45. The number of nitrogens with zero attached hydrogens (tertiary/aromatic N) is 1. The van der Waals surface area contributed by atoms with E-state index in [1.165, 1.54) is 0 Å². The van der Waals surface area contributed by atoms with Gasteiger partial charge in [0.15, 0.2) is 6.23 Å². The number of aliphatic hydroxyl groups is 2. The zero-order valence-electron chi connectivity index (χ0n) is 8.92. The predicted molar refractivity (Wildman–Crippen MR) is 66.1 cm³/mol. The maximum atomic E-state index is 13.1. The molecule has 9 heteroatoms. The molecule has 2 rings (SSSR count). The van der Waals surface area contributed by atoms with Crippen molar-refractivity contribution in [1.82, 2.24) is 9.55 Å². The fraction of sp³-hybridized carbons (Fsp3) is 0.556. The van der Waals surface area contributed by atoms with Gasteiger partial charge in [-0.05, 0) is 0 Å². The van der Waals surface area contributed by atoms with Gasteiger partial charge in [0.25, 0.3) is 5.56 Å². The minimum atomic E-state index is -1.15. The average molecular weight is 372 g/mol. The van der Waals surface area contributed by atoms with Crippen LogP contribution < -0.4 is 11.2 Å². The van der Waals surface area contributed by atoms with E-state index in [9.17, 15) is 19.1 Å². The van der Waals surface area contributed by atoms with E-state index in [4.69, 9.17) is 9.84 Å². The number of aromatic amines is 1. The van der Waals surface area contributed by atoms with Crippen LogP contribution in [0.15, 0.2) is 15.8 Å². The van der Waals surface area contributed by atoms with E-state index in [2.05, 4.69) is 0 Å². The van der Waals surface area contributed by atoms with Gasteiger partial charge in [-0.3, -0.25) is 14.3 Å². The third-order valence-corrected chi connectivity index (χ3v) is 4.21. The molecule has 0 bridgehead atoms. The van der Waals surface area contributed by atoms with Crippen molar-refractivity contribution in [3.63, 3.8) is 0 Å². The summed E-state index contributed by atoms with van der Waals surface area (Å²) in [5, 5.41) is 18.9. The number of halogens is 2. The Labute approximate surface area is 113 Å². The second-order valence-electron chi connectivity index (χ2n) is 3.83. The molecule has 0 aromatic carbocycles. The van der Waals surface area contributed by atoms with Gasteiger partial charge in [-0.25, -0.2) is 4.79 Å². The van der Waals surface area contributed by atoms with E-state index < -0.39 is 39.4 Å². The Morgan fingerprint density at radius 1 is 1.56 bits per heavy atom. The topological polar surface area (TPSA) is 105 Å². The maximum Gasteiger partial charge on any atom is 0.330 e. The van der Waals surface area contributed by atoms with Crippen molar-refractivity contribution in [3.05, 3.63) is 32.9 Å². The van der Waals surface area contributed by atoms with E-state index in [1.807, 2.05) is 22.6 Å². The van der Waals surface area contributed by atoms with Crippen LogP contribution in [0.5, 0.6) is 0 Å². The van der Waals surface area contributed by atoms with Crippen molar-refractivity contribution in [2.24, 2.45) is 0 Å². The summed E-state index contributed by atoms with van der Waals surface area (Å²) in [5.74, 6) is -1.15. The lowest BCUT2D eigenvalue weighted by Gasteiger charge is -2.16. The van der Waals surface area contributed by atoms with Gasteiger partial charge in [0, 0.05) is 0 Å². The van der Waals surface area contributed by atoms with Gasteiger partial charge >= 0.3 is 5.69 Å². The number of nitrogens with one attached hydrogen (secondary N) is 1. The smallest absolute Gasteiger partial charge is 0.330 e. The summed E-state index contributed by atoms with van der Waals surface area (Å²) in [7, 11) is 0. The van der Waals surface area contributed by atoms with Crippen molar-refractivity contribution < 1.29 is 19.3 Å². The molecule has 100 valence electrons. The molecule has 1 aromatic rings. The summed E-state index contributed by atoms with van der Waals surface area (Å²) < 4.78 is 18.7. The van der Waals surface area contributed by atoms with Crippen LogP contribution in [0.4, 0.5) is 4.39 Å². The monoisotopic (exact) mass is 372 g/mol. The largest absolute Gasteiger partial charge is 0.394 e.